The van der Waals surface area contributed by atoms with Gasteiger partial charge in [-0.25, -0.2) is 4.98 Å². The Labute approximate surface area is 130 Å². The van der Waals surface area contributed by atoms with Crippen LogP contribution < -0.4 is 4.74 Å². The zero-order valence-corrected chi connectivity index (χ0v) is 12.9. The molecule has 104 valence electrons. The van der Waals surface area contributed by atoms with Crippen LogP contribution in [0.4, 0.5) is 0 Å². The first-order chi connectivity index (χ1) is 10.2. The maximum atomic E-state index is 11.3. The van der Waals surface area contributed by atoms with Crippen LogP contribution in [0.3, 0.4) is 0 Å². The van der Waals surface area contributed by atoms with Gasteiger partial charge in [0.25, 0.3) is 0 Å². The summed E-state index contributed by atoms with van der Waals surface area (Å²) in [6, 6.07) is 15.1. The van der Waals surface area contributed by atoms with Gasteiger partial charge in [-0.05, 0) is 48.9 Å². The second kappa shape index (κ2) is 5.66. The van der Waals surface area contributed by atoms with Crippen molar-refractivity contribution in [3.05, 3.63) is 64.1 Å². The van der Waals surface area contributed by atoms with E-state index in [-0.39, 0.29) is 0 Å². The van der Waals surface area contributed by atoms with Crippen LogP contribution in [0.2, 0.25) is 0 Å². The maximum absolute atomic E-state index is 11.3. The third-order valence-corrected chi connectivity index (χ3v) is 3.65. The molecule has 0 aliphatic carbocycles. The molecule has 2 aromatic carbocycles. The Bertz CT molecular complexity index is 813. The molecule has 0 aliphatic heterocycles. The van der Waals surface area contributed by atoms with Gasteiger partial charge >= 0.3 is 0 Å². The number of nitrogens with zero attached hydrogens (tertiary/aromatic N) is 1. The molecule has 21 heavy (non-hydrogen) atoms. The Balaban J connectivity index is 2.07. The van der Waals surface area contributed by atoms with E-state index in [9.17, 15) is 4.79 Å². The van der Waals surface area contributed by atoms with E-state index in [1.54, 1.807) is 6.07 Å². The van der Waals surface area contributed by atoms with Crippen LogP contribution in [0.15, 0.2) is 53.0 Å². The van der Waals surface area contributed by atoms with Gasteiger partial charge in [0.1, 0.15) is 5.75 Å². The molecule has 3 rings (SSSR count). The van der Waals surface area contributed by atoms with E-state index in [1.165, 1.54) is 0 Å². The third-order valence-electron chi connectivity index (χ3n) is 3.12. The molecule has 3 aromatic rings. The van der Waals surface area contributed by atoms with Gasteiger partial charge in [0, 0.05) is 9.86 Å². The van der Waals surface area contributed by atoms with Crippen molar-refractivity contribution >= 4 is 33.1 Å². The second-order valence-electron chi connectivity index (χ2n) is 4.75. The minimum atomic E-state index is 0.324. The van der Waals surface area contributed by atoms with E-state index < -0.39 is 0 Å². The van der Waals surface area contributed by atoms with Crippen LogP contribution >= 0.6 is 15.9 Å². The summed E-state index contributed by atoms with van der Waals surface area (Å²) >= 11 is 3.37. The van der Waals surface area contributed by atoms with Crippen molar-refractivity contribution in [2.75, 3.05) is 0 Å². The highest BCUT2D eigenvalue weighted by Crippen LogP contribution is 2.27. The fraction of sp³-hybridized carbons (Fsp3) is 0.0588. The molecular formula is C17H12BrNO2. The number of carbonyl (C=O) groups excluding carboxylic acids is 1. The molecule has 0 aliphatic rings. The third kappa shape index (κ3) is 2.95. The summed E-state index contributed by atoms with van der Waals surface area (Å²) in [5.41, 5.74) is 2.37. The zero-order chi connectivity index (χ0) is 14.8. The monoisotopic (exact) mass is 341 g/mol. The fourth-order valence-corrected chi connectivity index (χ4v) is 2.32. The van der Waals surface area contributed by atoms with Crippen LogP contribution in [0.25, 0.3) is 10.9 Å². The lowest BCUT2D eigenvalue weighted by atomic mass is 10.1. The van der Waals surface area contributed by atoms with Crippen molar-refractivity contribution in [1.82, 2.24) is 4.98 Å². The lowest BCUT2D eigenvalue weighted by molar-refractivity contribution is 0.112. The molecule has 0 atom stereocenters. The smallest absolute Gasteiger partial charge is 0.230 e. The van der Waals surface area contributed by atoms with Crippen molar-refractivity contribution in [2.24, 2.45) is 0 Å². The van der Waals surface area contributed by atoms with Crippen LogP contribution in [0.5, 0.6) is 11.6 Å². The zero-order valence-electron chi connectivity index (χ0n) is 11.3. The molecule has 0 unspecified atom stereocenters. The van der Waals surface area contributed by atoms with Crippen molar-refractivity contribution in [2.45, 2.75) is 6.92 Å². The number of aldehydes is 1. The first-order valence-corrected chi connectivity index (χ1v) is 7.25. The minimum absolute atomic E-state index is 0.324. The van der Waals surface area contributed by atoms with Crippen molar-refractivity contribution in [1.29, 1.82) is 0 Å². The van der Waals surface area contributed by atoms with Crippen molar-refractivity contribution in [3.63, 3.8) is 0 Å². The maximum Gasteiger partial charge on any atom is 0.230 e. The number of carbonyl (C=O) groups is 1. The quantitative estimate of drug-likeness (QED) is 0.635. The summed E-state index contributed by atoms with van der Waals surface area (Å²) in [5.74, 6) is 0.964. The van der Waals surface area contributed by atoms with E-state index in [0.29, 0.717) is 17.2 Å². The fourth-order valence-electron chi connectivity index (χ4n) is 2.06. The van der Waals surface area contributed by atoms with Crippen molar-refractivity contribution in [3.8, 4) is 11.6 Å². The summed E-state index contributed by atoms with van der Waals surface area (Å²) in [6.45, 7) is 2.00. The molecule has 3 nitrogen and oxygen atoms in total. The van der Waals surface area contributed by atoms with Crippen LogP contribution in [0, 0.1) is 6.92 Å². The van der Waals surface area contributed by atoms with Gasteiger partial charge in [-0.15, -0.1) is 0 Å². The summed E-state index contributed by atoms with van der Waals surface area (Å²) in [7, 11) is 0. The molecule has 0 radical (unpaired) electrons. The van der Waals surface area contributed by atoms with Gasteiger partial charge in [0.2, 0.25) is 5.88 Å². The highest BCUT2D eigenvalue weighted by atomic mass is 79.9. The molecule has 0 bridgehead atoms. The average Bonchev–Trinajstić information content (AvgIpc) is 2.49. The van der Waals surface area contributed by atoms with Crippen molar-refractivity contribution < 1.29 is 9.53 Å². The number of hydrogen-bond donors (Lipinski definition) is 0. The summed E-state index contributed by atoms with van der Waals surface area (Å²) in [6.07, 6.45) is 0.764. The lowest BCUT2D eigenvalue weighted by Gasteiger charge is -2.09. The first-order valence-electron chi connectivity index (χ1n) is 6.46. The molecule has 4 heteroatoms. The highest BCUT2D eigenvalue weighted by molar-refractivity contribution is 9.10. The van der Waals surface area contributed by atoms with E-state index >= 15 is 0 Å². The number of aromatic nitrogens is 1. The van der Waals surface area contributed by atoms with Crippen LogP contribution in [-0.2, 0) is 0 Å². The molecule has 0 saturated carbocycles. The molecule has 0 saturated heterocycles. The summed E-state index contributed by atoms with van der Waals surface area (Å²) in [4.78, 5) is 15.7. The number of fused-ring (bicyclic) bond motifs is 1. The van der Waals surface area contributed by atoms with Gasteiger partial charge in [-0.2, -0.15) is 0 Å². The normalized spacial score (nSPS) is 10.6. The molecular weight excluding hydrogens is 330 g/mol. The Morgan fingerprint density at radius 3 is 2.57 bits per heavy atom. The molecule has 0 fully saturated rings. The van der Waals surface area contributed by atoms with Crippen LogP contribution in [-0.4, -0.2) is 11.3 Å². The minimum Gasteiger partial charge on any atom is -0.438 e. The lowest BCUT2D eigenvalue weighted by Crippen LogP contribution is -1.95. The molecule has 1 aromatic heterocycles. The largest absolute Gasteiger partial charge is 0.438 e. The highest BCUT2D eigenvalue weighted by Gasteiger charge is 2.09. The average molecular weight is 342 g/mol. The van der Waals surface area contributed by atoms with E-state index in [1.807, 2.05) is 49.4 Å². The number of halogens is 1. The van der Waals surface area contributed by atoms with Crippen LogP contribution in [0.1, 0.15) is 15.9 Å². The predicted octanol–water partition coefficient (Wildman–Crippen LogP) is 4.91. The van der Waals surface area contributed by atoms with Gasteiger partial charge < -0.3 is 4.74 Å². The number of benzene rings is 2. The molecule has 0 amide bonds. The van der Waals surface area contributed by atoms with Gasteiger partial charge in [0.15, 0.2) is 6.29 Å². The molecule has 1 heterocycles. The molecule has 0 spiro atoms. The SMILES string of the molecule is Cc1ccc2cc(C=O)c(Oc3ccc(Br)cc3)nc2c1. The van der Waals surface area contributed by atoms with Gasteiger partial charge in [0.05, 0.1) is 11.1 Å². The van der Waals surface area contributed by atoms with E-state index in [2.05, 4.69) is 20.9 Å². The number of pyridine rings is 1. The number of aryl methyl sites for hydroxylation is 1. The number of ether oxygens (including phenoxy) is 1. The first kappa shape index (κ1) is 13.8. The number of hydrogen-bond acceptors (Lipinski definition) is 3. The summed E-state index contributed by atoms with van der Waals surface area (Å²) in [5, 5.41) is 0.922. The van der Waals surface area contributed by atoms with E-state index in [0.717, 1.165) is 27.2 Å². The standard InChI is InChI=1S/C17H12BrNO2/c1-11-2-3-12-9-13(10-20)17(19-16(12)8-11)21-15-6-4-14(18)5-7-15/h2-10H,1H3. The Kier molecular flexibility index (Phi) is 3.71. The Hall–Kier alpha value is -2.20. The Morgan fingerprint density at radius 1 is 1.10 bits per heavy atom. The van der Waals surface area contributed by atoms with E-state index in [4.69, 9.17) is 4.74 Å². The Morgan fingerprint density at radius 2 is 1.86 bits per heavy atom. The second-order valence-corrected chi connectivity index (χ2v) is 5.67. The topological polar surface area (TPSA) is 39.2 Å². The summed E-state index contributed by atoms with van der Waals surface area (Å²) < 4.78 is 6.71. The predicted molar refractivity (Wildman–Crippen MR) is 86.1 cm³/mol. The molecule has 0 N–H and O–H groups in total. The number of rotatable bonds is 3. The van der Waals surface area contributed by atoms with Gasteiger partial charge in [-0.1, -0.05) is 28.1 Å². The van der Waals surface area contributed by atoms with Gasteiger partial charge in [-0.3, -0.25) is 4.79 Å².